The molecule has 147 heavy (non-hydrogen) atoms. The molecule has 3 atom stereocenters. The van der Waals surface area contributed by atoms with Crippen LogP contribution in [0, 0.1) is 24.0 Å². The van der Waals surface area contributed by atoms with E-state index in [1.54, 1.807) is 72.8 Å². The molecule has 59 heteroatoms. The number of nitrogens with zero attached hydrogens (tertiary/aromatic N) is 7. The van der Waals surface area contributed by atoms with E-state index in [0.717, 1.165) is 23.3 Å². The fraction of sp³-hybridized carbons (Fsp3) is 0.318. The Bertz CT molecular complexity index is 6800. The summed E-state index contributed by atoms with van der Waals surface area (Å²) in [4.78, 5) is 242. The highest BCUT2D eigenvalue weighted by Crippen LogP contribution is 2.29. The lowest BCUT2D eigenvalue weighted by Gasteiger charge is -2.20. The van der Waals surface area contributed by atoms with Crippen molar-refractivity contribution in [2.75, 3.05) is 54.3 Å². The molecule has 13 rings (SSSR count). The Kier molecular flexibility index (Phi) is 42.1. The average molecular weight is 2210 g/mol. The minimum absolute atomic E-state index is 0.00544. The summed E-state index contributed by atoms with van der Waals surface area (Å²) in [6, 6.07) is 43.9. The number of halogens is 2. The molecular formula is C88H87Cl2N7O44S6. The number of ether oxygens (including phenoxy) is 6. The highest BCUT2D eigenvalue weighted by molar-refractivity contribution is 7.93. The maximum atomic E-state index is 12.8. The van der Waals surface area contributed by atoms with Gasteiger partial charge in [0.2, 0.25) is 0 Å². The fourth-order valence-corrected chi connectivity index (χ4v) is 20.1. The van der Waals surface area contributed by atoms with E-state index >= 15 is 0 Å². The van der Waals surface area contributed by atoms with Gasteiger partial charge in [-0.3, -0.25) is 96.7 Å². The van der Waals surface area contributed by atoms with E-state index in [-0.39, 0.29) is 111 Å². The summed E-state index contributed by atoms with van der Waals surface area (Å²) < 4.78 is 175. The summed E-state index contributed by atoms with van der Waals surface area (Å²) in [5.41, 5.74) is 1.86. The predicted octanol–water partition coefficient (Wildman–Crippen LogP) is 8.42. The third kappa shape index (κ3) is 36.1. The standard InChI is InChI=1S/C20H18ClNO7S.C14H14ClNO7S.2C14H15NO7S.C13H12N2O9S.C13H13NO7S/c1-13-2-4-14(5-3-13)17(12-30(26,27)16-8-6-15(21)7-9-16)28-20(25)29-22-18(23)10-11-19(22)24;1-9(8-24(20,21)11-4-2-10(15)3-5-11)22-14(19)23-16-12(17)6-7-13(16)18;1-10-2-4-11(5-3-10)23(19,20)9-8-21-14(18)22-15-12(16)6-7-13(15)17;1-10(9-23(19,20)11-5-3-2-4-6-11)21-14(18)22-15-12(16)7-8-13(15)17;16-11-4-5-12(17)14(11)24-13(18)23-6-7-25(21,22)10-3-1-2-9(8-10)15(19)20;15-11-6-7-12(16)14(11)21-13(17)20-8-9-22(18,19)10-4-2-1-3-5-10/h2-9,17H,10-12H2,1H3;2-5,9H,6-8H2,1H3;2-5H,6-9H2,1H3;2-6,10H,7-9H2,1H3;1-3,8H,4-7H2;1-5H,6-9H2. The van der Waals surface area contributed by atoms with Crippen molar-refractivity contribution in [3.05, 3.63) is 219 Å². The molecule has 6 aliphatic heterocycles. The van der Waals surface area contributed by atoms with Crippen LogP contribution in [0.4, 0.5) is 34.5 Å². The van der Waals surface area contributed by atoms with Gasteiger partial charge in [0.25, 0.3) is 76.6 Å². The highest BCUT2D eigenvalue weighted by Gasteiger charge is 2.41. The molecule has 788 valence electrons. The zero-order valence-corrected chi connectivity index (χ0v) is 83.6. The van der Waals surface area contributed by atoms with Crippen molar-refractivity contribution in [1.82, 2.24) is 30.4 Å². The molecule has 12 amide bonds. The molecule has 6 fully saturated rings. The van der Waals surface area contributed by atoms with Crippen LogP contribution in [0.2, 0.25) is 10.0 Å². The van der Waals surface area contributed by atoms with Gasteiger partial charge < -0.3 is 28.4 Å². The summed E-state index contributed by atoms with van der Waals surface area (Å²) in [6.45, 7) is 4.87. The van der Waals surface area contributed by atoms with Crippen molar-refractivity contribution < 1.29 is 199 Å². The number of hydrogen-bond acceptors (Lipinski definition) is 44. The molecule has 3 unspecified atom stereocenters. The first-order valence-corrected chi connectivity index (χ1v) is 53.4. The van der Waals surface area contributed by atoms with E-state index in [2.05, 4.69) is 38.4 Å². The number of carbonyl (C=O) groups is 18. The van der Waals surface area contributed by atoms with Gasteiger partial charge in [-0.1, -0.05) is 144 Å². The molecular weight excluding hydrogens is 2120 g/mol. The van der Waals surface area contributed by atoms with Gasteiger partial charge in [0, 0.05) is 99.2 Å². The topological polar surface area (TPSA) is 685 Å². The maximum Gasteiger partial charge on any atom is 0.534 e. The van der Waals surface area contributed by atoms with Crippen LogP contribution in [-0.4, -0.2) is 260 Å². The summed E-state index contributed by atoms with van der Waals surface area (Å²) in [5, 5.41) is 13.3. The molecule has 7 aromatic carbocycles. The second-order valence-electron chi connectivity index (χ2n) is 30.9. The Morgan fingerprint density at radius 2 is 0.531 bits per heavy atom. The first-order valence-electron chi connectivity index (χ1n) is 42.7. The second-order valence-corrected chi connectivity index (χ2v) is 44.2. The van der Waals surface area contributed by atoms with Gasteiger partial charge in [0.15, 0.2) is 59.0 Å². The van der Waals surface area contributed by atoms with Gasteiger partial charge in [0.05, 0.1) is 68.8 Å². The average Bonchev–Trinajstić information content (AvgIpc) is 1.83. The molecule has 0 bridgehead atoms. The number of hydrogen-bond donors (Lipinski definition) is 0. The number of non-ortho nitro benzene ring substituents is 1. The van der Waals surface area contributed by atoms with Crippen LogP contribution in [-0.2, 0) is 174 Å². The highest BCUT2D eigenvalue weighted by atomic mass is 35.5. The number of nitro groups is 1. The third-order valence-electron chi connectivity index (χ3n) is 19.6. The number of aryl methyl sites for hydroxylation is 2. The molecule has 0 aromatic heterocycles. The van der Waals surface area contributed by atoms with E-state index in [4.69, 9.17) is 42.3 Å². The van der Waals surface area contributed by atoms with Crippen LogP contribution in [0.1, 0.15) is 114 Å². The van der Waals surface area contributed by atoms with Crippen molar-refractivity contribution in [3.63, 3.8) is 0 Å². The van der Waals surface area contributed by atoms with Gasteiger partial charge in [-0.25, -0.2) is 79.3 Å². The van der Waals surface area contributed by atoms with E-state index in [0.29, 0.717) is 40.9 Å². The quantitative estimate of drug-likeness (QED) is 0.0125. The molecule has 7 aromatic rings. The van der Waals surface area contributed by atoms with E-state index < -0.39 is 250 Å². The second kappa shape index (κ2) is 53.0. The molecule has 6 saturated heterocycles. The molecule has 0 N–H and O–H groups in total. The molecule has 51 nitrogen and oxygen atoms in total. The number of amides is 12. The van der Waals surface area contributed by atoms with Crippen LogP contribution in [0.15, 0.2) is 211 Å². The number of nitro benzene ring substituents is 1. The lowest BCUT2D eigenvalue weighted by Crippen LogP contribution is -2.34. The van der Waals surface area contributed by atoms with Crippen molar-refractivity contribution in [1.29, 1.82) is 0 Å². The zero-order valence-electron chi connectivity index (χ0n) is 77.2. The molecule has 0 saturated carbocycles. The predicted molar refractivity (Wildman–Crippen MR) is 492 cm³/mol. The number of hydroxylamine groups is 12. The van der Waals surface area contributed by atoms with Gasteiger partial charge in [0.1, 0.15) is 38.1 Å². The molecule has 0 spiro atoms. The normalized spacial score (nSPS) is 15.3. The number of rotatable bonds is 32. The summed E-state index contributed by atoms with van der Waals surface area (Å²) in [7, 11) is -22.3. The Hall–Kier alpha value is -15.3. The van der Waals surface area contributed by atoms with Crippen LogP contribution in [0.25, 0.3) is 0 Å². The van der Waals surface area contributed by atoms with Crippen LogP contribution >= 0.6 is 23.2 Å². The Balaban J connectivity index is 0.000000216. The molecule has 0 aliphatic carbocycles. The van der Waals surface area contributed by atoms with Gasteiger partial charge in [-0.05, 0) is 124 Å². The van der Waals surface area contributed by atoms with E-state index in [1.165, 1.54) is 111 Å². The largest absolute Gasteiger partial charge is 0.534 e. The van der Waals surface area contributed by atoms with Crippen molar-refractivity contribution in [3.8, 4) is 0 Å². The molecule has 6 aliphatic rings. The third-order valence-corrected chi connectivity index (χ3v) is 30.7. The number of benzene rings is 7. The minimum atomic E-state index is -3.95. The minimum Gasteiger partial charge on any atom is -0.432 e. The summed E-state index contributed by atoms with van der Waals surface area (Å²) in [5.74, 6) is -10.9. The lowest BCUT2D eigenvalue weighted by molar-refractivity contribution is -0.385. The zero-order chi connectivity index (χ0) is 109. The monoisotopic (exact) mass is 2210 g/mol. The summed E-state index contributed by atoms with van der Waals surface area (Å²) in [6.07, 6.45) is -11.9. The summed E-state index contributed by atoms with van der Waals surface area (Å²) >= 11 is 11.5. The first kappa shape index (κ1) is 117. The van der Waals surface area contributed by atoms with Gasteiger partial charge in [-0.2, -0.15) is 0 Å². The number of imide groups is 6. The maximum absolute atomic E-state index is 12.8. The van der Waals surface area contributed by atoms with Crippen molar-refractivity contribution in [2.45, 2.75) is 152 Å². The number of carbonyl (C=O) groups excluding carboxylic acids is 18. The van der Waals surface area contributed by atoms with Gasteiger partial charge >= 0.3 is 36.9 Å². The van der Waals surface area contributed by atoms with Crippen LogP contribution in [0.5, 0.6) is 0 Å². The van der Waals surface area contributed by atoms with Crippen LogP contribution < -0.4 is 0 Å². The Morgan fingerprint density at radius 3 is 0.823 bits per heavy atom. The first-order chi connectivity index (χ1) is 69.0. The molecule has 6 heterocycles. The molecule has 0 radical (unpaired) electrons. The van der Waals surface area contributed by atoms with E-state index in [9.17, 15) is 147 Å². The fourth-order valence-electron chi connectivity index (χ4n) is 12.3. The van der Waals surface area contributed by atoms with Gasteiger partial charge in [-0.15, -0.1) is 0 Å². The smallest absolute Gasteiger partial charge is 0.432 e. The van der Waals surface area contributed by atoms with Crippen molar-refractivity contribution in [2.24, 2.45) is 0 Å². The number of sulfone groups is 6. The van der Waals surface area contributed by atoms with Crippen molar-refractivity contribution >= 4 is 196 Å². The Morgan fingerprint density at radius 1 is 0.299 bits per heavy atom. The SMILES string of the molecule is CC(CS(=O)(=O)c1ccc(Cl)cc1)OC(=O)ON1C(=O)CCC1=O.CC(CS(=O)(=O)c1ccccc1)OC(=O)ON1C(=O)CCC1=O.Cc1ccc(C(CS(=O)(=O)c2ccc(Cl)cc2)OC(=O)ON2C(=O)CCC2=O)cc1.Cc1ccc(S(=O)(=O)CCOC(=O)ON2C(=O)CCC2=O)cc1.O=C(OCCS(=O)(=O)c1cccc([N+](=O)[O-])c1)ON1C(=O)CCC1=O.O=C(OCCS(=O)(=O)c1ccccc1)ON1C(=O)CCC1=O. The lowest BCUT2D eigenvalue weighted by atomic mass is 10.1. The van der Waals surface area contributed by atoms with E-state index in [1.807, 2.05) is 13.8 Å². The Labute approximate surface area is 845 Å². The van der Waals surface area contributed by atoms with Crippen LogP contribution in [0.3, 0.4) is 0 Å².